The second-order valence-corrected chi connectivity index (χ2v) is 36.5. The molecule has 8 aliphatic rings. The third kappa shape index (κ3) is 19.3. The molecule has 4 saturated heterocycles. The van der Waals surface area contributed by atoms with Gasteiger partial charge in [0.25, 0.3) is 0 Å². The molecule has 105 heavy (non-hydrogen) atoms. The van der Waals surface area contributed by atoms with E-state index in [1.54, 1.807) is 39.7 Å². The van der Waals surface area contributed by atoms with Crippen molar-refractivity contribution in [3.8, 4) is 11.1 Å². The molecule has 2 aromatic heterocycles. The van der Waals surface area contributed by atoms with Gasteiger partial charge in [0.15, 0.2) is 0 Å². The third-order valence-electron chi connectivity index (χ3n) is 23.0. The van der Waals surface area contributed by atoms with Crippen LogP contribution in [0.25, 0.3) is 11.1 Å². The number of nitrogens with one attached hydrogen (secondary N) is 1. The second-order valence-electron chi connectivity index (χ2n) is 31.1. The molecule has 8 heterocycles. The standard InChI is InChI=1S/C33H49P.C28H29Cl2N3O2.C24H21BrCl2N2O.C4H9NO/c1-23(2)26-21-30(24(3)4)33(31(22-26)25(5)6)29-19-13-14-20-32(29)34(27-15-9-7-10-16-27)28-17-11-8-12-18-28;29-21-15-20(16-22(30)17-21)27-25-3-1-2-4-26(25)28(35-27)7-9-32(10-8-28)19-23-5-6-24(18-31-23)33-11-13-34-14-12-33;25-17-5-6-20(28-14-17)15-29-9-7-24(8-10-29)22-4-2-1-3-21(22)23(30-24)16-11-18(26)13-19(27)12-16;1-3-6-4-2-5-1/h13-14,19-25,27-28H,7-12,15-18H2,1-6H3;1-6,15-18,27H,7-14,19H2;1-6,11-14,23H,7-10,15H2;5H,1-4H2. The highest BCUT2D eigenvalue weighted by Crippen LogP contribution is 2.58. The second kappa shape index (κ2) is 36.8. The van der Waals surface area contributed by atoms with Gasteiger partial charge in [0.05, 0.1) is 60.9 Å². The lowest BCUT2D eigenvalue weighted by Crippen LogP contribution is -2.42. The van der Waals surface area contributed by atoms with Crippen molar-refractivity contribution in [3.05, 3.63) is 244 Å². The van der Waals surface area contributed by atoms with Gasteiger partial charge < -0.3 is 29.2 Å². The molecule has 8 aromatic rings. The number of aromatic nitrogens is 2. The van der Waals surface area contributed by atoms with Gasteiger partial charge in [0.1, 0.15) is 12.2 Å². The summed E-state index contributed by atoms with van der Waals surface area (Å²) >= 11 is 28.7. The van der Waals surface area contributed by atoms with Crippen molar-refractivity contribution in [2.75, 3.05) is 83.7 Å². The molecule has 2 atom stereocenters. The van der Waals surface area contributed by atoms with E-state index < -0.39 is 0 Å². The summed E-state index contributed by atoms with van der Waals surface area (Å²) in [5, 5.41) is 7.45. The van der Waals surface area contributed by atoms with Crippen molar-refractivity contribution in [3.63, 3.8) is 0 Å². The Kier molecular flexibility index (Phi) is 27.5. The molecular formula is C89H108BrCl4N6O4P. The zero-order chi connectivity index (χ0) is 73.0. The van der Waals surface area contributed by atoms with Crippen LogP contribution in [0.2, 0.25) is 20.1 Å². The van der Waals surface area contributed by atoms with Gasteiger partial charge in [-0.25, -0.2) is 0 Å². The quantitative estimate of drug-likeness (QED) is 0.106. The average Bonchev–Trinajstić information content (AvgIpc) is 1.61. The van der Waals surface area contributed by atoms with Crippen LogP contribution in [0, 0.1) is 0 Å². The van der Waals surface area contributed by atoms with Crippen molar-refractivity contribution in [2.24, 2.45) is 0 Å². The van der Waals surface area contributed by atoms with Crippen molar-refractivity contribution >= 4 is 81.2 Å². The lowest BCUT2D eigenvalue weighted by Gasteiger charge is -2.40. The summed E-state index contributed by atoms with van der Waals surface area (Å²) in [6.07, 6.45) is 22.0. The van der Waals surface area contributed by atoms with Crippen LogP contribution >= 0.6 is 70.3 Å². The molecule has 2 unspecified atom stereocenters. The Labute approximate surface area is 656 Å². The minimum Gasteiger partial charge on any atom is -0.379 e. The SMILES string of the molecule is C1COCCN1.CC(C)c1cc(C(C)C)c(-c2ccccc2P(C2CCCCC2)C2CCCCC2)c(C(C)C)c1.Clc1cc(Cl)cc(C2OC3(CCN(Cc4ccc(Br)cn4)CC3)c3ccccc32)c1.Clc1cc(Cl)cc(C2OC3(CCN(Cc4ccc(N5CCOCC5)cn4)CC3)c3ccccc32)c1. The van der Waals surface area contributed by atoms with Crippen LogP contribution in [-0.4, -0.2) is 110 Å². The molecule has 10 nitrogen and oxygen atoms in total. The molecule has 0 bridgehead atoms. The molecule has 16 rings (SSSR count). The number of morpholine rings is 2. The molecule has 16 heteroatoms. The number of fused-ring (bicyclic) bond motifs is 4. The topological polar surface area (TPSA) is 84.5 Å². The highest BCUT2D eigenvalue weighted by atomic mass is 79.9. The largest absolute Gasteiger partial charge is 0.379 e. The molecule has 2 spiro atoms. The molecule has 6 fully saturated rings. The average molecular weight is 1580 g/mol. The number of benzene rings is 6. The van der Waals surface area contributed by atoms with Crippen LogP contribution in [0.4, 0.5) is 5.69 Å². The van der Waals surface area contributed by atoms with Crippen LogP contribution in [0.3, 0.4) is 0 Å². The number of rotatable bonds is 14. The minimum absolute atomic E-state index is 0.120. The van der Waals surface area contributed by atoms with Crippen molar-refractivity contribution in [1.29, 1.82) is 0 Å². The molecule has 2 saturated carbocycles. The molecular weight excluding hydrogens is 1470 g/mol. The van der Waals surface area contributed by atoms with Crippen LogP contribution in [-0.2, 0) is 43.2 Å². The Bertz CT molecular complexity index is 4030. The van der Waals surface area contributed by atoms with Crippen molar-refractivity contribution in [2.45, 2.75) is 197 Å². The maximum Gasteiger partial charge on any atom is 0.109 e. The fourth-order valence-corrected chi connectivity index (χ4v) is 22.7. The molecule has 6 aliphatic heterocycles. The first kappa shape index (κ1) is 78.3. The summed E-state index contributed by atoms with van der Waals surface area (Å²) < 4.78 is 25.1. The van der Waals surface area contributed by atoms with Gasteiger partial charge in [-0.15, -0.1) is 0 Å². The number of ether oxygens (including phenoxy) is 4. The maximum absolute atomic E-state index is 6.86. The molecule has 1 N–H and O–H groups in total. The molecule has 558 valence electrons. The van der Waals surface area contributed by atoms with Crippen LogP contribution in [0.5, 0.6) is 0 Å². The van der Waals surface area contributed by atoms with Gasteiger partial charge in [0.2, 0.25) is 0 Å². The van der Waals surface area contributed by atoms with E-state index in [2.05, 4.69) is 186 Å². The number of piperidine rings is 2. The van der Waals surface area contributed by atoms with E-state index in [0.717, 1.165) is 156 Å². The number of nitrogens with zero attached hydrogens (tertiary/aromatic N) is 5. The highest BCUT2D eigenvalue weighted by Gasteiger charge is 2.49. The highest BCUT2D eigenvalue weighted by molar-refractivity contribution is 9.10. The van der Waals surface area contributed by atoms with E-state index in [9.17, 15) is 0 Å². The molecule has 2 aliphatic carbocycles. The van der Waals surface area contributed by atoms with E-state index in [0.29, 0.717) is 37.8 Å². The van der Waals surface area contributed by atoms with Crippen LogP contribution < -0.4 is 15.5 Å². The van der Waals surface area contributed by atoms with E-state index in [4.69, 9.17) is 70.3 Å². The zero-order valence-electron chi connectivity index (χ0n) is 62.6. The summed E-state index contributed by atoms with van der Waals surface area (Å²) in [4.78, 5) is 16.6. The van der Waals surface area contributed by atoms with E-state index in [1.165, 1.54) is 97.7 Å². The molecule has 0 amide bonds. The van der Waals surface area contributed by atoms with Gasteiger partial charge in [-0.2, -0.15) is 0 Å². The Morgan fingerprint density at radius 3 is 1.36 bits per heavy atom. The van der Waals surface area contributed by atoms with Gasteiger partial charge in [-0.3, -0.25) is 19.8 Å². The number of anilines is 1. The number of hydrogen-bond donors (Lipinski definition) is 1. The van der Waals surface area contributed by atoms with Gasteiger partial charge in [0, 0.05) is 96.2 Å². The fraction of sp³-hybridized carbons (Fsp3) is 0.483. The monoisotopic (exact) mass is 1570 g/mol. The molecule has 6 aromatic carbocycles. The van der Waals surface area contributed by atoms with Crippen LogP contribution in [0.1, 0.15) is 223 Å². The number of pyridine rings is 2. The smallest absolute Gasteiger partial charge is 0.109 e. The normalized spacial score (nSPS) is 20.5. The third-order valence-corrected chi connectivity index (χ3v) is 27.9. The predicted molar refractivity (Wildman–Crippen MR) is 441 cm³/mol. The van der Waals surface area contributed by atoms with E-state index in [1.807, 2.05) is 42.7 Å². The fourth-order valence-electron chi connectivity index (χ4n) is 17.4. The molecule has 0 radical (unpaired) electrons. The van der Waals surface area contributed by atoms with E-state index in [-0.39, 0.29) is 31.3 Å². The summed E-state index contributed by atoms with van der Waals surface area (Å²) in [5.74, 6) is 1.64. The van der Waals surface area contributed by atoms with Gasteiger partial charge >= 0.3 is 0 Å². The summed E-state index contributed by atoms with van der Waals surface area (Å²) in [7, 11) is -0.120. The van der Waals surface area contributed by atoms with Gasteiger partial charge in [-0.05, 0) is 224 Å². The Morgan fingerprint density at radius 2 is 0.943 bits per heavy atom. The van der Waals surface area contributed by atoms with Crippen molar-refractivity contribution in [1.82, 2.24) is 25.1 Å². The lowest BCUT2D eigenvalue weighted by molar-refractivity contribution is -0.0980. The predicted octanol–water partition coefficient (Wildman–Crippen LogP) is 22.7. The summed E-state index contributed by atoms with van der Waals surface area (Å²) in [6, 6.07) is 51.9. The first-order valence-corrected chi connectivity index (χ1v) is 42.9. The van der Waals surface area contributed by atoms with Crippen molar-refractivity contribution < 1.29 is 18.9 Å². The first-order valence-electron chi connectivity index (χ1n) is 39.1. The first-order chi connectivity index (χ1) is 51.0. The van der Waals surface area contributed by atoms with Gasteiger partial charge in [-0.1, -0.05) is 219 Å². The lowest BCUT2D eigenvalue weighted by atomic mass is 9.82. The Balaban J connectivity index is 0.000000134. The number of likely N-dealkylation sites (tertiary alicyclic amines) is 2. The van der Waals surface area contributed by atoms with E-state index >= 15 is 0 Å². The summed E-state index contributed by atoms with van der Waals surface area (Å²) in [6.45, 7) is 27.2. The maximum atomic E-state index is 6.86. The summed E-state index contributed by atoms with van der Waals surface area (Å²) in [5.41, 5.74) is 19.6. The Hall–Kier alpha value is -4.79. The Morgan fingerprint density at radius 1 is 0.495 bits per heavy atom. The number of halogens is 5. The van der Waals surface area contributed by atoms with Crippen LogP contribution in [0.15, 0.2) is 162 Å². The number of hydrogen-bond acceptors (Lipinski definition) is 10. The zero-order valence-corrected chi connectivity index (χ0v) is 68.1. The minimum atomic E-state index is -0.278.